The SMILES string of the molecule is CCO/N=C(/C(=O)OC)c1ccccc1CBr. The van der Waals surface area contributed by atoms with Crippen LogP contribution in [0.5, 0.6) is 0 Å². The number of carbonyl (C=O) groups is 1. The number of alkyl halides is 1. The fraction of sp³-hybridized carbons (Fsp3) is 0.333. The largest absolute Gasteiger partial charge is 0.464 e. The summed E-state index contributed by atoms with van der Waals surface area (Å²) in [7, 11) is 1.32. The predicted octanol–water partition coefficient (Wildman–Crippen LogP) is 2.50. The molecule has 0 heterocycles. The third-order valence-corrected chi connectivity index (χ3v) is 2.68. The average molecular weight is 300 g/mol. The van der Waals surface area contributed by atoms with Gasteiger partial charge in [-0.2, -0.15) is 0 Å². The lowest BCUT2D eigenvalue weighted by Crippen LogP contribution is -2.19. The van der Waals surface area contributed by atoms with Crippen molar-refractivity contribution in [1.29, 1.82) is 0 Å². The van der Waals surface area contributed by atoms with Crippen molar-refractivity contribution in [1.82, 2.24) is 0 Å². The van der Waals surface area contributed by atoms with Crippen molar-refractivity contribution < 1.29 is 14.4 Å². The molecule has 0 radical (unpaired) electrons. The van der Waals surface area contributed by atoms with Crippen molar-refractivity contribution in [2.45, 2.75) is 12.3 Å². The van der Waals surface area contributed by atoms with E-state index >= 15 is 0 Å². The van der Waals surface area contributed by atoms with E-state index in [1.54, 1.807) is 6.92 Å². The van der Waals surface area contributed by atoms with Crippen molar-refractivity contribution in [3.05, 3.63) is 35.4 Å². The molecular formula is C12H14BrNO3. The highest BCUT2D eigenvalue weighted by atomic mass is 79.9. The first-order valence-corrected chi connectivity index (χ1v) is 6.29. The number of rotatable bonds is 5. The minimum atomic E-state index is -0.508. The summed E-state index contributed by atoms with van der Waals surface area (Å²) in [6, 6.07) is 7.46. The van der Waals surface area contributed by atoms with Crippen LogP contribution in [0.25, 0.3) is 0 Å². The Hall–Kier alpha value is -1.36. The van der Waals surface area contributed by atoms with E-state index in [2.05, 4.69) is 21.1 Å². The Morgan fingerprint density at radius 2 is 2.12 bits per heavy atom. The molecule has 0 aliphatic heterocycles. The number of methoxy groups -OCH3 is 1. The Bertz CT molecular complexity index is 418. The second-order valence-corrected chi connectivity index (χ2v) is 3.70. The van der Waals surface area contributed by atoms with Gasteiger partial charge in [-0.05, 0) is 12.5 Å². The molecule has 0 aliphatic carbocycles. The molecule has 0 bridgehead atoms. The van der Waals surface area contributed by atoms with Gasteiger partial charge in [0.2, 0.25) is 0 Å². The highest BCUT2D eigenvalue weighted by Crippen LogP contribution is 2.14. The van der Waals surface area contributed by atoms with Crippen molar-refractivity contribution >= 4 is 27.6 Å². The van der Waals surface area contributed by atoms with Gasteiger partial charge < -0.3 is 9.57 Å². The maximum Gasteiger partial charge on any atom is 0.360 e. The van der Waals surface area contributed by atoms with Crippen molar-refractivity contribution in [3.63, 3.8) is 0 Å². The van der Waals surface area contributed by atoms with E-state index in [-0.39, 0.29) is 5.71 Å². The van der Waals surface area contributed by atoms with Crippen LogP contribution in [-0.2, 0) is 19.7 Å². The number of benzene rings is 1. The number of carbonyl (C=O) groups excluding carboxylic acids is 1. The normalized spacial score (nSPS) is 11.1. The second kappa shape index (κ2) is 7.06. The molecular weight excluding hydrogens is 286 g/mol. The summed E-state index contributed by atoms with van der Waals surface area (Å²) >= 11 is 3.37. The van der Waals surface area contributed by atoms with Crippen LogP contribution in [0.1, 0.15) is 18.1 Å². The Morgan fingerprint density at radius 1 is 1.41 bits per heavy atom. The Labute approximate surface area is 109 Å². The summed E-state index contributed by atoms with van der Waals surface area (Å²) in [5.74, 6) is -0.508. The number of nitrogens with zero attached hydrogens (tertiary/aromatic N) is 1. The first-order chi connectivity index (χ1) is 8.24. The number of oxime groups is 1. The van der Waals surface area contributed by atoms with Crippen molar-refractivity contribution in [3.8, 4) is 0 Å². The minimum Gasteiger partial charge on any atom is -0.464 e. The summed E-state index contributed by atoms with van der Waals surface area (Å²) in [5.41, 5.74) is 1.85. The van der Waals surface area contributed by atoms with Crippen LogP contribution < -0.4 is 0 Å². The van der Waals surface area contributed by atoms with Gasteiger partial charge in [0.1, 0.15) is 6.61 Å². The molecule has 0 unspecified atom stereocenters. The molecule has 1 rings (SSSR count). The van der Waals surface area contributed by atoms with Crippen LogP contribution in [0, 0.1) is 0 Å². The molecule has 0 N–H and O–H groups in total. The van der Waals surface area contributed by atoms with Gasteiger partial charge in [0, 0.05) is 10.9 Å². The molecule has 1 aromatic carbocycles. The van der Waals surface area contributed by atoms with Gasteiger partial charge >= 0.3 is 5.97 Å². The molecule has 4 nitrogen and oxygen atoms in total. The van der Waals surface area contributed by atoms with Crippen LogP contribution in [0.4, 0.5) is 0 Å². The van der Waals surface area contributed by atoms with Crippen LogP contribution in [-0.4, -0.2) is 25.4 Å². The quantitative estimate of drug-likeness (QED) is 0.363. The Balaban J connectivity index is 3.17. The lowest BCUT2D eigenvalue weighted by molar-refractivity contribution is -0.132. The molecule has 0 fully saturated rings. The number of halogens is 1. The zero-order valence-corrected chi connectivity index (χ0v) is 11.4. The summed E-state index contributed by atoms with van der Waals surface area (Å²) in [6.07, 6.45) is 0. The third-order valence-electron chi connectivity index (χ3n) is 2.08. The monoisotopic (exact) mass is 299 g/mol. The van der Waals surface area contributed by atoms with Gasteiger partial charge in [-0.25, -0.2) is 4.79 Å². The Morgan fingerprint density at radius 3 is 2.71 bits per heavy atom. The van der Waals surface area contributed by atoms with Gasteiger partial charge in [-0.15, -0.1) is 0 Å². The number of hydrogen-bond acceptors (Lipinski definition) is 4. The first-order valence-electron chi connectivity index (χ1n) is 5.17. The number of esters is 1. The lowest BCUT2D eigenvalue weighted by atomic mass is 10.0. The lowest BCUT2D eigenvalue weighted by Gasteiger charge is -2.08. The summed E-state index contributed by atoms with van der Waals surface area (Å²) in [4.78, 5) is 16.6. The van der Waals surface area contributed by atoms with E-state index in [1.807, 2.05) is 24.3 Å². The molecule has 0 saturated carbocycles. The van der Waals surface area contributed by atoms with Gasteiger partial charge in [0.15, 0.2) is 5.71 Å². The predicted molar refractivity (Wildman–Crippen MR) is 69.3 cm³/mol. The first kappa shape index (κ1) is 13.7. The highest BCUT2D eigenvalue weighted by Gasteiger charge is 2.18. The van der Waals surface area contributed by atoms with Crippen LogP contribution >= 0.6 is 15.9 Å². The Kier molecular flexibility index (Phi) is 5.69. The topological polar surface area (TPSA) is 47.9 Å². The van der Waals surface area contributed by atoms with E-state index in [0.29, 0.717) is 17.5 Å². The smallest absolute Gasteiger partial charge is 0.360 e. The maximum atomic E-state index is 11.6. The molecule has 92 valence electrons. The molecule has 0 atom stereocenters. The number of hydrogen-bond donors (Lipinski definition) is 0. The number of ether oxygens (including phenoxy) is 1. The molecule has 0 aromatic heterocycles. The molecule has 17 heavy (non-hydrogen) atoms. The molecule has 0 spiro atoms. The third kappa shape index (κ3) is 3.56. The van der Waals surface area contributed by atoms with E-state index in [9.17, 15) is 4.79 Å². The van der Waals surface area contributed by atoms with Crippen LogP contribution in [0.15, 0.2) is 29.4 Å². The standard InChI is InChI=1S/C12H14BrNO3/c1-3-17-14-11(12(15)16-2)10-7-5-4-6-9(10)8-13/h4-7H,3,8H2,1-2H3/b14-11+. The minimum absolute atomic E-state index is 0.185. The van der Waals surface area contributed by atoms with E-state index in [0.717, 1.165) is 5.56 Å². The van der Waals surface area contributed by atoms with E-state index < -0.39 is 5.97 Å². The molecule has 0 amide bonds. The van der Waals surface area contributed by atoms with Gasteiger partial charge in [-0.1, -0.05) is 45.4 Å². The molecule has 0 saturated heterocycles. The fourth-order valence-corrected chi connectivity index (χ4v) is 1.78. The molecule has 1 aromatic rings. The summed E-state index contributed by atoms with van der Waals surface area (Å²) < 4.78 is 4.70. The van der Waals surface area contributed by atoms with Gasteiger partial charge in [-0.3, -0.25) is 0 Å². The fourth-order valence-electron chi connectivity index (χ4n) is 1.29. The maximum absolute atomic E-state index is 11.6. The van der Waals surface area contributed by atoms with Crippen LogP contribution in [0.3, 0.4) is 0 Å². The average Bonchev–Trinajstić information content (AvgIpc) is 2.39. The summed E-state index contributed by atoms with van der Waals surface area (Å²) in [6.45, 7) is 2.20. The summed E-state index contributed by atoms with van der Waals surface area (Å²) in [5, 5.41) is 4.44. The van der Waals surface area contributed by atoms with Crippen molar-refractivity contribution in [2.24, 2.45) is 5.16 Å². The van der Waals surface area contributed by atoms with Gasteiger partial charge in [0.05, 0.1) is 7.11 Å². The molecule has 5 heteroatoms. The molecule has 0 aliphatic rings. The van der Waals surface area contributed by atoms with E-state index in [4.69, 9.17) is 9.57 Å². The van der Waals surface area contributed by atoms with Crippen molar-refractivity contribution in [2.75, 3.05) is 13.7 Å². The van der Waals surface area contributed by atoms with Crippen LogP contribution in [0.2, 0.25) is 0 Å². The zero-order chi connectivity index (χ0) is 12.7. The van der Waals surface area contributed by atoms with E-state index in [1.165, 1.54) is 7.11 Å². The van der Waals surface area contributed by atoms with Gasteiger partial charge in [0.25, 0.3) is 0 Å². The highest BCUT2D eigenvalue weighted by molar-refractivity contribution is 9.08. The second-order valence-electron chi connectivity index (χ2n) is 3.14. The zero-order valence-electron chi connectivity index (χ0n) is 9.77.